The second-order valence-corrected chi connectivity index (χ2v) is 4.16. The smallest absolute Gasteiger partial charge is 0.150 e. The van der Waals surface area contributed by atoms with Gasteiger partial charge in [0.2, 0.25) is 0 Å². The lowest BCUT2D eigenvalue weighted by molar-refractivity contribution is 0.714. The monoisotopic (exact) mass is 214 g/mol. The van der Waals surface area contributed by atoms with Crippen molar-refractivity contribution in [3.05, 3.63) is 41.1 Å². The Morgan fingerprint density at radius 2 is 2.00 bits per heavy atom. The van der Waals surface area contributed by atoms with Crippen molar-refractivity contribution in [2.45, 2.75) is 20.0 Å². The van der Waals surface area contributed by atoms with Crippen molar-refractivity contribution >= 4 is 5.82 Å². The normalized spacial score (nSPS) is 14.1. The Morgan fingerprint density at radius 1 is 1.25 bits per heavy atom. The highest BCUT2D eigenvalue weighted by Crippen LogP contribution is 2.24. The summed E-state index contributed by atoms with van der Waals surface area (Å²) < 4.78 is 1.93. The Kier molecular flexibility index (Phi) is 1.97. The highest BCUT2D eigenvalue weighted by Gasteiger charge is 2.20. The van der Waals surface area contributed by atoms with Crippen LogP contribution in [-0.4, -0.2) is 9.78 Å². The molecule has 2 aromatic rings. The zero-order valence-electron chi connectivity index (χ0n) is 9.20. The number of fused-ring (bicyclic) bond motifs is 1. The van der Waals surface area contributed by atoms with Crippen molar-refractivity contribution in [1.29, 1.82) is 0 Å². The van der Waals surface area contributed by atoms with E-state index in [1.165, 1.54) is 11.3 Å². The average molecular weight is 214 g/mol. The summed E-state index contributed by atoms with van der Waals surface area (Å²) in [6.07, 6.45) is 0. The minimum atomic E-state index is 0.639. The maximum atomic E-state index is 5.89. The maximum absolute atomic E-state index is 5.89. The number of aryl methyl sites for hydroxylation is 1. The molecule has 0 saturated carbocycles. The summed E-state index contributed by atoms with van der Waals surface area (Å²) >= 11 is 0. The van der Waals surface area contributed by atoms with E-state index >= 15 is 0 Å². The van der Waals surface area contributed by atoms with Gasteiger partial charge in [0, 0.05) is 18.7 Å². The predicted octanol–water partition coefficient (Wildman–Crippen LogP) is 1.37. The van der Waals surface area contributed by atoms with Crippen molar-refractivity contribution in [2.75, 3.05) is 5.73 Å². The van der Waals surface area contributed by atoms with Crippen LogP contribution >= 0.6 is 0 Å². The molecule has 1 aromatic heterocycles. The topological polar surface area (TPSA) is 55.9 Å². The lowest BCUT2D eigenvalue weighted by Crippen LogP contribution is -2.08. The molecule has 0 saturated heterocycles. The Labute approximate surface area is 94.1 Å². The summed E-state index contributed by atoms with van der Waals surface area (Å²) in [7, 11) is 0. The predicted molar refractivity (Wildman–Crippen MR) is 63.3 cm³/mol. The molecule has 0 spiro atoms. The van der Waals surface area contributed by atoms with E-state index in [9.17, 15) is 0 Å². The molecular weight excluding hydrogens is 200 g/mol. The molecule has 1 aromatic carbocycles. The molecular formula is C12H14N4. The Balaban J connectivity index is 2.13. The van der Waals surface area contributed by atoms with Gasteiger partial charge in [-0.15, -0.1) is 0 Å². The third-order valence-corrected chi connectivity index (χ3v) is 2.99. The fourth-order valence-corrected chi connectivity index (χ4v) is 2.08. The molecule has 0 bridgehead atoms. The lowest BCUT2D eigenvalue weighted by Gasteiger charge is -2.05. The van der Waals surface area contributed by atoms with Crippen LogP contribution in [0.5, 0.6) is 0 Å². The number of nitrogens with two attached hydrogens (primary N) is 1. The molecule has 2 heterocycles. The van der Waals surface area contributed by atoms with Gasteiger partial charge < -0.3 is 11.1 Å². The largest absolute Gasteiger partial charge is 0.382 e. The standard InChI is InChI=1S/C12H14N4/c1-8-2-4-9(5-3-8)16-11-7-14-6-10(11)12(13)15-16/h2-5,14H,6-7H2,1H3,(H2,13,15). The van der Waals surface area contributed by atoms with E-state index in [0.717, 1.165) is 24.3 Å². The van der Waals surface area contributed by atoms with Crippen LogP contribution in [-0.2, 0) is 13.1 Å². The molecule has 1 aliphatic heterocycles. The summed E-state index contributed by atoms with van der Waals surface area (Å²) in [6.45, 7) is 3.74. The minimum Gasteiger partial charge on any atom is -0.382 e. The fraction of sp³-hybridized carbons (Fsp3) is 0.250. The number of rotatable bonds is 1. The van der Waals surface area contributed by atoms with Crippen molar-refractivity contribution in [2.24, 2.45) is 0 Å². The first-order valence-electron chi connectivity index (χ1n) is 5.40. The number of anilines is 1. The Bertz CT molecular complexity index is 525. The van der Waals surface area contributed by atoms with E-state index in [2.05, 4.69) is 41.6 Å². The van der Waals surface area contributed by atoms with Crippen LogP contribution in [0.2, 0.25) is 0 Å². The van der Waals surface area contributed by atoms with Gasteiger partial charge in [-0.2, -0.15) is 5.10 Å². The number of hydrogen-bond acceptors (Lipinski definition) is 3. The summed E-state index contributed by atoms with van der Waals surface area (Å²) in [5, 5.41) is 7.68. The molecule has 4 nitrogen and oxygen atoms in total. The molecule has 0 amide bonds. The van der Waals surface area contributed by atoms with E-state index < -0.39 is 0 Å². The van der Waals surface area contributed by atoms with E-state index in [1.54, 1.807) is 0 Å². The van der Waals surface area contributed by atoms with Crippen LogP contribution in [0.25, 0.3) is 5.69 Å². The number of nitrogens with zero attached hydrogens (tertiary/aromatic N) is 2. The molecule has 0 fully saturated rings. The van der Waals surface area contributed by atoms with Crippen molar-refractivity contribution in [3.8, 4) is 5.69 Å². The molecule has 3 rings (SSSR count). The van der Waals surface area contributed by atoms with E-state index in [1.807, 2.05) is 4.68 Å². The van der Waals surface area contributed by atoms with Gasteiger partial charge in [-0.3, -0.25) is 0 Å². The van der Waals surface area contributed by atoms with Gasteiger partial charge in [0.1, 0.15) is 0 Å². The quantitative estimate of drug-likeness (QED) is 0.753. The molecule has 0 atom stereocenters. The van der Waals surface area contributed by atoms with E-state index in [-0.39, 0.29) is 0 Å². The third kappa shape index (κ3) is 1.31. The average Bonchev–Trinajstić information content (AvgIpc) is 2.84. The third-order valence-electron chi connectivity index (χ3n) is 2.99. The van der Waals surface area contributed by atoms with Gasteiger partial charge in [-0.1, -0.05) is 17.7 Å². The zero-order valence-corrected chi connectivity index (χ0v) is 9.20. The first-order chi connectivity index (χ1) is 7.75. The second-order valence-electron chi connectivity index (χ2n) is 4.16. The fourth-order valence-electron chi connectivity index (χ4n) is 2.08. The van der Waals surface area contributed by atoms with Crippen LogP contribution < -0.4 is 11.1 Å². The molecule has 4 heteroatoms. The van der Waals surface area contributed by atoms with Crippen LogP contribution in [0.15, 0.2) is 24.3 Å². The maximum Gasteiger partial charge on any atom is 0.150 e. The van der Waals surface area contributed by atoms with Gasteiger partial charge >= 0.3 is 0 Å². The molecule has 0 radical (unpaired) electrons. The summed E-state index contributed by atoms with van der Waals surface area (Å²) in [5.74, 6) is 0.639. The molecule has 1 aliphatic rings. The van der Waals surface area contributed by atoms with Gasteiger partial charge in [-0.25, -0.2) is 4.68 Å². The lowest BCUT2D eigenvalue weighted by atomic mass is 10.2. The van der Waals surface area contributed by atoms with Crippen molar-refractivity contribution < 1.29 is 0 Å². The summed E-state index contributed by atoms with van der Waals surface area (Å²) in [6, 6.07) is 8.31. The first kappa shape index (κ1) is 9.42. The van der Waals surface area contributed by atoms with Crippen molar-refractivity contribution in [1.82, 2.24) is 15.1 Å². The molecule has 16 heavy (non-hydrogen) atoms. The highest BCUT2D eigenvalue weighted by atomic mass is 15.3. The molecule has 0 aliphatic carbocycles. The second kappa shape index (κ2) is 3.35. The van der Waals surface area contributed by atoms with E-state index in [0.29, 0.717) is 5.82 Å². The van der Waals surface area contributed by atoms with Gasteiger partial charge in [0.05, 0.1) is 11.4 Å². The number of aromatic nitrogens is 2. The molecule has 0 unspecified atom stereocenters. The van der Waals surface area contributed by atoms with Gasteiger partial charge in [0.25, 0.3) is 0 Å². The van der Waals surface area contributed by atoms with Crippen LogP contribution in [0, 0.1) is 6.92 Å². The van der Waals surface area contributed by atoms with Crippen LogP contribution in [0.4, 0.5) is 5.82 Å². The number of nitrogens with one attached hydrogen (secondary N) is 1. The van der Waals surface area contributed by atoms with Gasteiger partial charge in [0.15, 0.2) is 5.82 Å². The highest BCUT2D eigenvalue weighted by molar-refractivity contribution is 5.49. The SMILES string of the molecule is Cc1ccc(-n2nc(N)c3c2CNC3)cc1. The number of benzene rings is 1. The van der Waals surface area contributed by atoms with Gasteiger partial charge in [-0.05, 0) is 19.1 Å². The Morgan fingerprint density at radius 3 is 2.75 bits per heavy atom. The molecule has 3 N–H and O–H groups in total. The van der Waals surface area contributed by atoms with Crippen molar-refractivity contribution in [3.63, 3.8) is 0 Å². The zero-order chi connectivity index (χ0) is 11.1. The van der Waals surface area contributed by atoms with E-state index in [4.69, 9.17) is 5.73 Å². The number of hydrogen-bond donors (Lipinski definition) is 2. The first-order valence-corrected chi connectivity index (χ1v) is 5.40. The van der Waals surface area contributed by atoms with Crippen LogP contribution in [0.3, 0.4) is 0 Å². The summed E-state index contributed by atoms with van der Waals surface area (Å²) in [4.78, 5) is 0. The number of nitrogen functional groups attached to an aromatic ring is 1. The Hall–Kier alpha value is -1.81. The minimum absolute atomic E-state index is 0.639. The van der Waals surface area contributed by atoms with Crippen LogP contribution in [0.1, 0.15) is 16.8 Å². The molecule has 82 valence electrons. The summed E-state index contributed by atoms with van der Waals surface area (Å²) in [5.41, 5.74) is 10.5.